The van der Waals surface area contributed by atoms with Gasteiger partial charge >= 0.3 is 5.97 Å². The van der Waals surface area contributed by atoms with Gasteiger partial charge in [-0.05, 0) is 61.6 Å². The summed E-state index contributed by atoms with van der Waals surface area (Å²) in [6, 6.07) is 8.32. The van der Waals surface area contributed by atoms with E-state index >= 15 is 0 Å². The smallest absolute Gasteiger partial charge is 0.339 e. The number of Topliss-reactive ketones (excluding diaryl/α,β-unsaturated/α-hetero) is 1. The summed E-state index contributed by atoms with van der Waals surface area (Å²) in [7, 11) is 1.43. The zero-order valence-corrected chi connectivity index (χ0v) is 23.2. The molecule has 0 radical (unpaired) electrons. The van der Waals surface area contributed by atoms with E-state index in [2.05, 4.69) is 0 Å². The Hall–Kier alpha value is -5.25. The lowest BCUT2D eigenvalue weighted by atomic mass is 9.60. The van der Waals surface area contributed by atoms with E-state index in [0.29, 0.717) is 22.3 Å². The fourth-order valence-corrected chi connectivity index (χ4v) is 6.76. The quantitative estimate of drug-likeness (QED) is 0.270. The molecule has 43 heavy (non-hydrogen) atoms. The van der Waals surface area contributed by atoms with Crippen LogP contribution in [0.15, 0.2) is 76.9 Å². The Morgan fingerprint density at radius 1 is 1.00 bits per heavy atom. The van der Waals surface area contributed by atoms with E-state index in [-0.39, 0.29) is 47.2 Å². The number of carboxylic acids is 1. The molecule has 0 aromatic heterocycles. The standard InChI is InChI=1S/C33H27NO9/c1-15-11-26(37)28-19(6-3-16-4-10-24(35)27(12-16)43-2)18-8-9-21-29(22(18)14-23(28)30(15)38)32(40)34(31(21)39)17-5-7-20(33(41)42)25(36)13-17/h3-8,10-13,19,21-22,29,35-36H,9,14H2,1-2H3,(H,41,42)/t19-,21-,22+,29-/m0/s1. The van der Waals surface area contributed by atoms with Crippen LogP contribution < -0.4 is 9.64 Å². The minimum absolute atomic E-state index is 0.0306. The molecule has 4 aliphatic rings. The van der Waals surface area contributed by atoms with Gasteiger partial charge in [0.15, 0.2) is 23.1 Å². The number of aromatic carboxylic acids is 1. The third kappa shape index (κ3) is 4.37. The van der Waals surface area contributed by atoms with E-state index in [0.717, 1.165) is 22.6 Å². The van der Waals surface area contributed by atoms with E-state index in [4.69, 9.17) is 4.74 Å². The lowest BCUT2D eigenvalue weighted by molar-refractivity contribution is -0.123. The SMILES string of the molecule is COc1cc(C=C[C@H]2C3=CC[C@@H]4C(=O)N(c5ccc(C(=O)O)c(O)c5)C(=O)[C@@H]4[C@@H]3CC3=C2C(=O)C=C(C)C3=O)ccc1O. The number of phenols is 2. The van der Waals surface area contributed by atoms with Gasteiger partial charge in [-0.1, -0.05) is 29.9 Å². The summed E-state index contributed by atoms with van der Waals surface area (Å²) in [4.78, 5) is 66.5. The number of carbonyl (C=O) groups is 5. The Morgan fingerprint density at radius 3 is 2.47 bits per heavy atom. The number of carboxylic acid groups (broad SMARTS) is 1. The number of nitrogens with zero attached hydrogens (tertiary/aromatic N) is 1. The summed E-state index contributed by atoms with van der Waals surface area (Å²) in [6.07, 6.45) is 7.11. The van der Waals surface area contributed by atoms with Crippen LogP contribution in [-0.2, 0) is 19.2 Å². The number of imide groups is 1. The maximum absolute atomic E-state index is 13.9. The maximum Gasteiger partial charge on any atom is 0.339 e. The van der Waals surface area contributed by atoms with Crippen LogP contribution in [0.4, 0.5) is 5.69 Å². The Kier molecular flexibility index (Phi) is 6.64. The number of aromatic hydroxyl groups is 2. The molecule has 2 amide bonds. The largest absolute Gasteiger partial charge is 0.507 e. The monoisotopic (exact) mass is 581 g/mol. The first kappa shape index (κ1) is 27.9. The van der Waals surface area contributed by atoms with Crippen molar-refractivity contribution in [1.29, 1.82) is 0 Å². The van der Waals surface area contributed by atoms with E-state index in [1.165, 1.54) is 25.3 Å². The normalized spacial score (nSPS) is 24.9. The van der Waals surface area contributed by atoms with Crippen molar-refractivity contribution in [3.63, 3.8) is 0 Å². The lowest BCUT2D eigenvalue weighted by Gasteiger charge is -2.41. The zero-order valence-electron chi connectivity index (χ0n) is 23.2. The molecule has 0 unspecified atom stereocenters. The third-order valence-electron chi connectivity index (χ3n) is 8.77. The number of phenolic OH excluding ortho intramolecular Hbond substituents is 1. The molecule has 1 heterocycles. The van der Waals surface area contributed by atoms with Crippen molar-refractivity contribution >= 4 is 41.1 Å². The lowest BCUT2D eigenvalue weighted by Crippen LogP contribution is -2.40. The van der Waals surface area contributed by atoms with E-state index in [9.17, 15) is 39.3 Å². The fraction of sp³-hybridized carbons (Fsp3) is 0.242. The number of rotatable bonds is 5. The van der Waals surface area contributed by atoms with Crippen LogP contribution in [0.1, 0.15) is 35.7 Å². The van der Waals surface area contributed by atoms with Gasteiger partial charge in [-0.25, -0.2) is 9.69 Å². The summed E-state index contributed by atoms with van der Waals surface area (Å²) in [5.74, 6) is -5.94. The fourth-order valence-electron chi connectivity index (χ4n) is 6.76. The molecule has 10 heteroatoms. The van der Waals surface area contributed by atoms with Gasteiger partial charge < -0.3 is 20.1 Å². The molecule has 218 valence electrons. The van der Waals surface area contributed by atoms with Gasteiger partial charge in [0, 0.05) is 28.7 Å². The summed E-state index contributed by atoms with van der Waals surface area (Å²) >= 11 is 0. The summed E-state index contributed by atoms with van der Waals surface area (Å²) < 4.78 is 5.20. The molecule has 10 nitrogen and oxygen atoms in total. The highest BCUT2D eigenvalue weighted by Gasteiger charge is 2.56. The van der Waals surface area contributed by atoms with Gasteiger partial charge in [0.1, 0.15) is 11.3 Å². The molecular formula is C33H27NO9. The van der Waals surface area contributed by atoms with Crippen LogP contribution in [0.2, 0.25) is 0 Å². The topological polar surface area (TPSA) is 159 Å². The number of hydrogen-bond donors (Lipinski definition) is 3. The molecule has 1 saturated heterocycles. The highest BCUT2D eigenvalue weighted by atomic mass is 16.5. The van der Waals surface area contributed by atoms with E-state index in [1.54, 1.807) is 31.2 Å². The van der Waals surface area contributed by atoms with Crippen LogP contribution in [0, 0.1) is 23.7 Å². The third-order valence-corrected chi connectivity index (χ3v) is 8.77. The van der Waals surface area contributed by atoms with Crippen molar-refractivity contribution < 1.29 is 44.0 Å². The minimum atomic E-state index is -1.35. The molecule has 3 aliphatic carbocycles. The average molecular weight is 582 g/mol. The predicted molar refractivity (Wildman–Crippen MR) is 153 cm³/mol. The maximum atomic E-state index is 13.9. The Morgan fingerprint density at radius 2 is 1.77 bits per heavy atom. The van der Waals surface area contributed by atoms with Crippen LogP contribution >= 0.6 is 0 Å². The molecule has 2 aromatic rings. The molecule has 0 bridgehead atoms. The second-order valence-electron chi connectivity index (χ2n) is 11.1. The van der Waals surface area contributed by atoms with Crippen molar-refractivity contribution in [1.82, 2.24) is 0 Å². The van der Waals surface area contributed by atoms with Gasteiger partial charge in [0.05, 0.1) is 24.6 Å². The molecule has 6 rings (SSSR count). The van der Waals surface area contributed by atoms with Gasteiger partial charge in [-0.2, -0.15) is 0 Å². The van der Waals surface area contributed by atoms with Gasteiger partial charge in [0.25, 0.3) is 0 Å². The number of ether oxygens (including phenoxy) is 1. The van der Waals surface area contributed by atoms with Crippen molar-refractivity contribution in [2.45, 2.75) is 19.8 Å². The molecule has 0 saturated carbocycles. The van der Waals surface area contributed by atoms with Crippen molar-refractivity contribution in [2.75, 3.05) is 12.0 Å². The number of benzene rings is 2. The second-order valence-corrected chi connectivity index (χ2v) is 11.1. The van der Waals surface area contributed by atoms with Gasteiger partial charge in [-0.3, -0.25) is 19.2 Å². The first-order valence-electron chi connectivity index (χ1n) is 13.7. The highest BCUT2D eigenvalue weighted by Crippen LogP contribution is 2.53. The number of amides is 2. The van der Waals surface area contributed by atoms with Crippen LogP contribution in [0.5, 0.6) is 17.2 Å². The molecule has 0 spiro atoms. The second kappa shape index (κ2) is 10.2. The Labute approximate surface area is 245 Å². The first-order chi connectivity index (χ1) is 20.5. The van der Waals surface area contributed by atoms with Crippen molar-refractivity contribution in [3.8, 4) is 17.2 Å². The first-order valence-corrected chi connectivity index (χ1v) is 13.7. The summed E-state index contributed by atoms with van der Waals surface area (Å²) in [5, 5.41) is 29.5. The molecule has 4 atom stereocenters. The minimum Gasteiger partial charge on any atom is -0.507 e. The number of fused-ring (bicyclic) bond motifs is 3. The van der Waals surface area contributed by atoms with Gasteiger partial charge in [0.2, 0.25) is 11.8 Å². The van der Waals surface area contributed by atoms with Crippen LogP contribution in [-0.4, -0.2) is 51.8 Å². The van der Waals surface area contributed by atoms with E-state index < -0.39 is 47.2 Å². The Balaban J connectivity index is 1.41. The number of ketones is 2. The number of methoxy groups -OCH3 is 1. The van der Waals surface area contributed by atoms with Crippen LogP contribution in [0.25, 0.3) is 6.08 Å². The predicted octanol–water partition coefficient (Wildman–Crippen LogP) is 3.98. The number of hydrogen-bond acceptors (Lipinski definition) is 8. The Bertz CT molecular complexity index is 1780. The summed E-state index contributed by atoms with van der Waals surface area (Å²) in [5.41, 5.74) is 2.12. The number of allylic oxidation sites excluding steroid dienone is 7. The van der Waals surface area contributed by atoms with Crippen molar-refractivity contribution in [2.24, 2.45) is 23.7 Å². The molecule has 3 N–H and O–H groups in total. The molecule has 1 fully saturated rings. The van der Waals surface area contributed by atoms with Gasteiger partial charge in [-0.15, -0.1) is 0 Å². The number of anilines is 1. The van der Waals surface area contributed by atoms with Crippen LogP contribution in [0.3, 0.4) is 0 Å². The van der Waals surface area contributed by atoms with E-state index in [1.807, 2.05) is 6.08 Å². The molecule has 2 aromatic carbocycles. The molecule has 1 aliphatic heterocycles. The van der Waals surface area contributed by atoms with Crippen molar-refractivity contribution in [3.05, 3.63) is 88.0 Å². The highest BCUT2D eigenvalue weighted by molar-refractivity contribution is 6.25. The molecular weight excluding hydrogens is 554 g/mol. The summed E-state index contributed by atoms with van der Waals surface area (Å²) in [6.45, 7) is 1.58. The zero-order chi connectivity index (χ0) is 30.7. The number of carbonyl (C=O) groups excluding carboxylic acids is 4. The average Bonchev–Trinajstić information content (AvgIpc) is 3.23.